The lowest BCUT2D eigenvalue weighted by molar-refractivity contribution is 0.0954. The minimum Gasteiger partial charge on any atom is -0.352 e. The Bertz CT molecular complexity index is 700. The molecule has 1 aromatic carbocycles. The maximum Gasteiger partial charge on any atom is 0.251 e. The van der Waals surface area contributed by atoms with Gasteiger partial charge in [0.2, 0.25) is 0 Å². The number of nitrogens with zero attached hydrogens (tertiary/aromatic N) is 1. The highest BCUT2D eigenvalue weighted by molar-refractivity contribution is 7.09. The van der Waals surface area contributed by atoms with Crippen molar-refractivity contribution in [2.45, 2.75) is 39.0 Å². The van der Waals surface area contributed by atoms with Crippen molar-refractivity contribution in [1.82, 2.24) is 10.3 Å². The van der Waals surface area contributed by atoms with Crippen LogP contribution in [-0.2, 0) is 0 Å². The summed E-state index contributed by atoms with van der Waals surface area (Å²) in [6.07, 6.45) is 8.29. The van der Waals surface area contributed by atoms with E-state index in [0.717, 1.165) is 29.2 Å². The molecule has 0 atom stereocenters. The summed E-state index contributed by atoms with van der Waals surface area (Å²) in [5.74, 6) is 0.00224. The number of benzene rings is 1. The first-order chi connectivity index (χ1) is 11.2. The molecule has 0 fully saturated rings. The summed E-state index contributed by atoms with van der Waals surface area (Å²) in [5, 5.41) is 6.11. The molecule has 1 aliphatic carbocycles. The fourth-order valence-electron chi connectivity index (χ4n) is 2.86. The van der Waals surface area contributed by atoms with Crippen molar-refractivity contribution in [2.24, 2.45) is 0 Å². The molecule has 3 nitrogen and oxygen atoms in total. The third-order valence-electron chi connectivity index (χ3n) is 4.18. The smallest absolute Gasteiger partial charge is 0.251 e. The van der Waals surface area contributed by atoms with Gasteiger partial charge in [0, 0.05) is 23.1 Å². The first kappa shape index (κ1) is 15.9. The van der Waals surface area contributed by atoms with E-state index < -0.39 is 0 Å². The van der Waals surface area contributed by atoms with Crippen molar-refractivity contribution < 1.29 is 4.79 Å². The number of rotatable bonds is 5. The van der Waals surface area contributed by atoms with E-state index in [4.69, 9.17) is 0 Å². The predicted molar refractivity (Wildman–Crippen MR) is 95.8 cm³/mol. The van der Waals surface area contributed by atoms with Crippen LogP contribution in [0.2, 0.25) is 0 Å². The number of aromatic nitrogens is 1. The van der Waals surface area contributed by atoms with E-state index in [1.54, 1.807) is 11.3 Å². The number of carbonyl (C=O) groups excluding carboxylic acids is 1. The molecular weight excluding hydrogens is 304 g/mol. The summed E-state index contributed by atoms with van der Waals surface area (Å²) in [5.41, 5.74) is 4.23. The van der Waals surface area contributed by atoms with Crippen LogP contribution >= 0.6 is 11.3 Å². The molecule has 0 saturated carbocycles. The molecule has 0 aliphatic heterocycles. The fraction of sp³-hybridized carbons (Fsp3) is 0.368. The zero-order valence-electron chi connectivity index (χ0n) is 13.5. The number of hydrogen-bond acceptors (Lipinski definition) is 3. The Morgan fingerprint density at radius 3 is 2.74 bits per heavy atom. The van der Waals surface area contributed by atoms with Crippen molar-refractivity contribution in [1.29, 1.82) is 0 Å². The topological polar surface area (TPSA) is 42.0 Å². The second kappa shape index (κ2) is 7.55. The van der Waals surface area contributed by atoms with Crippen LogP contribution in [-0.4, -0.2) is 17.4 Å². The Hall–Kier alpha value is -1.94. The van der Waals surface area contributed by atoms with Gasteiger partial charge in [0.25, 0.3) is 5.91 Å². The molecule has 0 saturated heterocycles. The average molecular weight is 326 g/mol. The number of carbonyl (C=O) groups is 1. The highest BCUT2D eigenvalue weighted by atomic mass is 32.1. The van der Waals surface area contributed by atoms with E-state index in [2.05, 4.69) is 16.4 Å². The molecule has 23 heavy (non-hydrogen) atoms. The predicted octanol–water partition coefficient (Wildman–Crippen LogP) is 4.74. The minimum atomic E-state index is 0.00224. The van der Waals surface area contributed by atoms with Crippen LogP contribution in [0.15, 0.2) is 41.3 Å². The van der Waals surface area contributed by atoms with Crippen LogP contribution in [0.3, 0.4) is 0 Å². The molecule has 1 amide bonds. The summed E-state index contributed by atoms with van der Waals surface area (Å²) in [6, 6.07) is 7.68. The third-order valence-corrected chi connectivity index (χ3v) is 4.95. The summed E-state index contributed by atoms with van der Waals surface area (Å²) in [6.45, 7) is 2.72. The normalized spacial score (nSPS) is 14.4. The van der Waals surface area contributed by atoms with Gasteiger partial charge in [0.15, 0.2) is 0 Å². The van der Waals surface area contributed by atoms with Gasteiger partial charge in [-0.1, -0.05) is 23.8 Å². The van der Waals surface area contributed by atoms with Crippen LogP contribution in [0.4, 0.5) is 0 Å². The fourth-order valence-corrected chi connectivity index (χ4v) is 3.48. The maximum absolute atomic E-state index is 12.2. The van der Waals surface area contributed by atoms with Gasteiger partial charge in [-0.15, -0.1) is 11.3 Å². The van der Waals surface area contributed by atoms with Crippen molar-refractivity contribution in [3.05, 3.63) is 51.9 Å². The molecule has 120 valence electrons. The summed E-state index contributed by atoms with van der Waals surface area (Å²) in [4.78, 5) is 16.7. The van der Waals surface area contributed by atoms with Gasteiger partial charge in [-0.05, 0) is 51.2 Å². The number of thiazole rings is 1. The standard InChI is InChI=1S/C19H22N2OS/c1-14-21-18(13-23-14)16-7-9-17(10-8-16)19(22)20-12-11-15-5-3-2-4-6-15/h5,7-10,13H,2-4,6,11-12H2,1H3,(H,20,22). The van der Waals surface area contributed by atoms with Gasteiger partial charge in [-0.2, -0.15) is 0 Å². The van der Waals surface area contributed by atoms with Crippen molar-refractivity contribution in [3.8, 4) is 11.3 Å². The molecule has 0 spiro atoms. The van der Waals surface area contributed by atoms with E-state index in [9.17, 15) is 4.79 Å². The number of amides is 1. The Labute approximate surface area is 141 Å². The largest absolute Gasteiger partial charge is 0.352 e. The molecule has 1 aromatic heterocycles. The quantitative estimate of drug-likeness (QED) is 0.806. The Balaban J connectivity index is 1.54. The summed E-state index contributed by atoms with van der Waals surface area (Å²) in [7, 11) is 0. The minimum absolute atomic E-state index is 0.00224. The van der Waals surface area contributed by atoms with Gasteiger partial charge < -0.3 is 5.32 Å². The molecule has 0 bridgehead atoms. The Kier molecular flexibility index (Phi) is 5.23. The first-order valence-corrected chi connectivity index (χ1v) is 9.09. The summed E-state index contributed by atoms with van der Waals surface area (Å²) < 4.78 is 0. The van der Waals surface area contributed by atoms with Gasteiger partial charge >= 0.3 is 0 Å². The average Bonchev–Trinajstić information content (AvgIpc) is 3.02. The van der Waals surface area contributed by atoms with Gasteiger partial charge in [-0.25, -0.2) is 4.98 Å². The lowest BCUT2D eigenvalue weighted by Crippen LogP contribution is -2.24. The van der Waals surface area contributed by atoms with Crippen LogP contribution < -0.4 is 5.32 Å². The van der Waals surface area contributed by atoms with Gasteiger partial charge in [0.1, 0.15) is 0 Å². The highest BCUT2D eigenvalue weighted by Gasteiger charge is 2.08. The molecule has 1 aliphatic rings. The molecular formula is C19H22N2OS. The lowest BCUT2D eigenvalue weighted by Gasteiger charge is -2.13. The molecule has 4 heteroatoms. The molecule has 1 N–H and O–H groups in total. The van der Waals surface area contributed by atoms with Crippen LogP contribution in [0, 0.1) is 6.92 Å². The Morgan fingerprint density at radius 1 is 1.26 bits per heavy atom. The number of aryl methyl sites for hydroxylation is 1. The second-order valence-corrected chi connectivity index (χ2v) is 7.01. The zero-order valence-corrected chi connectivity index (χ0v) is 14.3. The van der Waals surface area contributed by atoms with E-state index in [0.29, 0.717) is 5.56 Å². The Morgan fingerprint density at radius 2 is 2.09 bits per heavy atom. The van der Waals surface area contributed by atoms with Crippen LogP contribution in [0.25, 0.3) is 11.3 Å². The SMILES string of the molecule is Cc1nc(-c2ccc(C(=O)NCCC3=CCCCC3)cc2)cs1. The maximum atomic E-state index is 12.2. The van der Waals surface area contributed by atoms with Gasteiger partial charge in [0.05, 0.1) is 10.7 Å². The van der Waals surface area contributed by atoms with Crippen molar-refractivity contribution >= 4 is 17.2 Å². The summed E-state index contributed by atoms with van der Waals surface area (Å²) >= 11 is 1.64. The molecule has 0 unspecified atom stereocenters. The monoisotopic (exact) mass is 326 g/mol. The highest BCUT2D eigenvalue weighted by Crippen LogP contribution is 2.22. The molecule has 0 radical (unpaired) electrons. The number of nitrogens with one attached hydrogen (secondary N) is 1. The lowest BCUT2D eigenvalue weighted by atomic mass is 9.97. The van der Waals surface area contributed by atoms with E-state index >= 15 is 0 Å². The van der Waals surface area contributed by atoms with E-state index in [-0.39, 0.29) is 5.91 Å². The number of hydrogen-bond donors (Lipinski definition) is 1. The number of allylic oxidation sites excluding steroid dienone is 1. The van der Waals surface area contributed by atoms with Crippen molar-refractivity contribution in [2.75, 3.05) is 6.54 Å². The third kappa shape index (κ3) is 4.29. The zero-order chi connectivity index (χ0) is 16.1. The van der Waals surface area contributed by atoms with Gasteiger partial charge in [-0.3, -0.25) is 4.79 Å². The van der Waals surface area contributed by atoms with Crippen LogP contribution in [0.1, 0.15) is 47.5 Å². The van der Waals surface area contributed by atoms with Crippen molar-refractivity contribution in [3.63, 3.8) is 0 Å². The van der Waals surface area contributed by atoms with E-state index in [1.807, 2.05) is 36.6 Å². The molecule has 3 rings (SSSR count). The second-order valence-electron chi connectivity index (χ2n) is 5.94. The van der Waals surface area contributed by atoms with E-state index in [1.165, 1.54) is 31.3 Å². The van der Waals surface area contributed by atoms with Crippen LogP contribution in [0.5, 0.6) is 0 Å². The molecule has 1 heterocycles. The molecule has 2 aromatic rings. The first-order valence-electron chi connectivity index (χ1n) is 8.21.